The SMILES string of the molecule is CCCCCO/C1=C(\C)C(C(=O)O)=CC/C=C\C1. The van der Waals surface area contributed by atoms with Gasteiger partial charge in [-0.3, -0.25) is 0 Å². The number of hydrogen-bond donors (Lipinski definition) is 1. The number of allylic oxidation sites excluding steroid dienone is 3. The number of carboxylic acids is 1. The highest BCUT2D eigenvalue weighted by Gasteiger charge is 2.15. The van der Waals surface area contributed by atoms with E-state index in [9.17, 15) is 9.90 Å². The molecule has 0 amide bonds. The van der Waals surface area contributed by atoms with Crippen LogP contribution in [0.15, 0.2) is 35.1 Å². The predicted molar refractivity (Wildman–Crippen MR) is 72.3 cm³/mol. The lowest BCUT2D eigenvalue weighted by Gasteiger charge is -2.15. The molecular weight excluding hydrogens is 228 g/mol. The van der Waals surface area contributed by atoms with E-state index >= 15 is 0 Å². The van der Waals surface area contributed by atoms with E-state index in [1.807, 2.05) is 19.1 Å². The monoisotopic (exact) mass is 250 g/mol. The van der Waals surface area contributed by atoms with Crippen molar-refractivity contribution >= 4 is 5.97 Å². The Labute approximate surface area is 109 Å². The van der Waals surface area contributed by atoms with Gasteiger partial charge in [0.15, 0.2) is 0 Å². The number of ether oxygens (including phenoxy) is 1. The van der Waals surface area contributed by atoms with Gasteiger partial charge in [-0.05, 0) is 19.8 Å². The van der Waals surface area contributed by atoms with Gasteiger partial charge in [0.05, 0.1) is 12.2 Å². The largest absolute Gasteiger partial charge is 0.497 e. The molecule has 0 heterocycles. The standard InChI is InChI=1S/C15H22O3/c1-3-4-8-11-18-14-10-7-5-6-9-13(12(14)2)15(16)17/h5,7,9H,3-4,6,8,10-11H2,1-2H3,(H,16,17)/b7-5-,13-9?,14-12+. The molecule has 0 aliphatic heterocycles. The zero-order valence-electron chi connectivity index (χ0n) is 11.2. The van der Waals surface area contributed by atoms with Crippen LogP contribution in [-0.4, -0.2) is 17.7 Å². The fourth-order valence-electron chi connectivity index (χ4n) is 1.89. The molecule has 1 aliphatic rings. The number of carboxylic acid groups (broad SMARTS) is 1. The molecule has 0 saturated carbocycles. The molecule has 1 aliphatic carbocycles. The van der Waals surface area contributed by atoms with Crippen LogP contribution in [0.5, 0.6) is 0 Å². The van der Waals surface area contributed by atoms with Crippen LogP contribution >= 0.6 is 0 Å². The Balaban J connectivity index is 2.76. The molecule has 0 unspecified atom stereocenters. The highest BCUT2D eigenvalue weighted by atomic mass is 16.5. The Morgan fingerprint density at radius 1 is 1.39 bits per heavy atom. The Morgan fingerprint density at radius 3 is 2.83 bits per heavy atom. The third-order valence-corrected chi connectivity index (χ3v) is 3.00. The van der Waals surface area contributed by atoms with Crippen molar-refractivity contribution in [3.8, 4) is 0 Å². The van der Waals surface area contributed by atoms with Gasteiger partial charge in [-0.1, -0.05) is 38.0 Å². The normalized spacial score (nSPS) is 21.8. The zero-order chi connectivity index (χ0) is 13.4. The minimum absolute atomic E-state index is 0.366. The summed E-state index contributed by atoms with van der Waals surface area (Å²) in [6, 6.07) is 0. The van der Waals surface area contributed by atoms with Gasteiger partial charge < -0.3 is 9.84 Å². The van der Waals surface area contributed by atoms with Crippen LogP contribution in [0.1, 0.15) is 46.0 Å². The summed E-state index contributed by atoms with van der Waals surface area (Å²) in [5.74, 6) is -0.0897. The van der Waals surface area contributed by atoms with E-state index in [0.29, 0.717) is 25.0 Å². The summed E-state index contributed by atoms with van der Waals surface area (Å²) in [6.45, 7) is 4.64. The Bertz CT molecular complexity index is 375. The van der Waals surface area contributed by atoms with Gasteiger partial charge in [0.1, 0.15) is 5.76 Å². The summed E-state index contributed by atoms with van der Waals surface area (Å²) in [5.41, 5.74) is 1.12. The Hall–Kier alpha value is -1.51. The average molecular weight is 250 g/mol. The molecule has 3 nitrogen and oxygen atoms in total. The van der Waals surface area contributed by atoms with Gasteiger partial charge in [0, 0.05) is 12.0 Å². The van der Waals surface area contributed by atoms with Gasteiger partial charge in [-0.25, -0.2) is 4.79 Å². The van der Waals surface area contributed by atoms with E-state index in [-0.39, 0.29) is 0 Å². The quantitative estimate of drug-likeness (QED) is 0.575. The molecule has 0 fully saturated rings. The lowest BCUT2D eigenvalue weighted by atomic mass is 10.0. The number of rotatable bonds is 6. The maximum Gasteiger partial charge on any atom is 0.335 e. The van der Waals surface area contributed by atoms with Crippen molar-refractivity contribution in [1.29, 1.82) is 0 Å². The first-order chi connectivity index (χ1) is 8.66. The number of unbranched alkanes of at least 4 members (excludes halogenated alkanes) is 2. The van der Waals surface area contributed by atoms with Crippen molar-refractivity contribution in [3.63, 3.8) is 0 Å². The van der Waals surface area contributed by atoms with E-state index in [0.717, 1.165) is 30.6 Å². The Kier molecular flexibility index (Phi) is 6.26. The van der Waals surface area contributed by atoms with Crippen LogP contribution < -0.4 is 0 Å². The highest BCUT2D eigenvalue weighted by molar-refractivity contribution is 5.91. The third-order valence-electron chi connectivity index (χ3n) is 3.00. The van der Waals surface area contributed by atoms with Gasteiger partial charge in [0.25, 0.3) is 0 Å². The molecular formula is C15H22O3. The summed E-state index contributed by atoms with van der Waals surface area (Å²) >= 11 is 0. The van der Waals surface area contributed by atoms with Crippen molar-refractivity contribution in [2.24, 2.45) is 0 Å². The van der Waals surface area contributed by atoms with Crippen LogP contribution in [0.4, 0.5) is 0 Å². The molecule has 0 saturated heterocycles. The summed E-state index contributed by atoms with van der Waals surface area (Å²) in [5, 5.41) is 9.17. The smallest absolute Gasteiger partial charge is 0.335 e. The number of carbonyl (C=O) groups is 1. The van der Waals surface area contributed by atoms with E-state index in [4.69, 9.17) is 4.74 Å². The first-order valence-corrected chi connectivity index (χ1v) is 6.58. The fourth-order valence-corrected chi connectivity index (χ4v) is 1.89. The molecule has 18 heavy (non-hydrogen) atoms. The van der Waals surface area contributed by atoms with E-state index in [2.05, 4.69) is 6.92 Å². The molecule has 0 spiro atoms. The van der Waals surface area contributed by atoms with Crippen LogP contribution in [0, 0.1) is 0 Å². The van der Waals surface area contributed by atoms with Crippen LogP contribution in [-0.2, 0) is 9.53 Å². The van der Waals surface area contributed by atoms with Gasteiger partial charge >= 0.3 is 5.97 Å². The molecule has 3 heteroatoms. The van der Waals surface area contributed by atoms with Crippen molar-refractivity contribution in [2.75, 3.05) is 6.61 Å². The molecule has 100 valence electrons. The summed E-state index contributed by atoms with van der Waals surface area (Å²) in [6.07, 6.45) is 10.4. The second-order valence-electron chi connectivity index (χ2n) is 4.44. The first kappa shape index (κ1) is 14.6. The zero-order valence-corrected chi connectivity index (χ0v) is 11.2. The summed E-state index contributed by atoms with van der Waals surface area (Å²) < 4.78 is 5.74. The number of hydrogen-bond acceptors (Lipinski definition) is 2. The van der Waals surface area contributed by atoms with Gasteiger partial charge in [-0.15, -0.1) is 0 Å². The lowest BCUT2D eigenvalue weighted by molar-refractivity contribution is -0.132. The number of aliphatic carboxylic acids is 1. The highest BCUT2D eigenvalue weighted by Crippen LogP contribution is 2.22. The molecule has 1 N–H and O–H groups in total. The van der Waals surface area contributed by atoms with Crippen molar-refractivity contribution in [2.45, 2.75) is 46.0 Å². The predicted octanol–water partition coefficient (Wildman–Crippen LogP) is 3.83. The van der Waals surface area contributed by atoms with E-state index in [1.54, 1.807) is 6.08 Å². The topological polar surface area (TPSA) is 46.5 Å². The molecule has 0 aromatic rings. The first-order valence-electron chi connectivity index (χ1n) is 6.58. The maximum atomic E-state index is 11.2. The second-order valence-corrected chi connectivity index (χ2v) is 4.44. The van der Waals surface area contributed by atoms with E-state index in [1.165, 1.54) is 0 Å². The second kappa shape index (κ2) is 7.75. The van der Waals surface area contributed by atoms with Crippen molar-refractivity contribution in [1.82, 2.24) is 0 Å². The summed E-state index contributed by atoms with van der Waals surface area (Å²) in [7, 11) is 0. The minimum Gasteiger partial charge on any atom is -0.497 e. The average Bonchev–Trinajstić information content (AvgIpc) is 2.32. The van der Waals surface area contributed by atoms with E-state index < -0.39 is 5.97 Å². The molecule has 0 radical (unpaired) electrons. The van der Waals surface area contributed by atoms with Crippen molar-refractivity contribution in [3.05, 3.63) is 35.1 Å². The van der Waals surface area contributed by atoms with Gasteiger partial charge in [-0.2, -0.15) is 0 Å². The van der Waals surface area contributed by atoms with Crippen molar-refractivity contribution < 1.29 is 14.6 Å². The fraction of sp³-hybridized carbons (Fsp3) is 0.533. The molecule has 1 rings (SSSR count). The molecule has 0 aromatic heterocycles. The molecule has 0 bridgehead atoms. The van der Waals surface area contributed by atoms with Crippen LogP contribution in [0.25, 0.3) is 0 Å². The minimum atomic E-state index is -0.877. The summed E-state index contributed by atoms with van der Waals surface area (Å²) in [4.78, 5) is 11.2. The van der Waals surface area contributed by atoms with Crippen LogP contribution in [0.3, 0.4) is 0 Å². The Morgan fingerprint density at radius 2 is 2.17 bits per heavy atom. The van der Waals surface area contributed by atoms with Crippen LogP contribution in [0.2, 0.25) is 0 Å². The van der Waals surface area contributed by atoms with Gasteiger partial charge in [0.2, 0.25) is 0 Å². The molecule has 0 atom stereocenters. The lowest BCUT2D eigenvalue weighted by Crippen LogP contribution is -2.07. The third kappa shape index (κ3) is 4.40. The maximum absolute atomic E-state index is 11.2. The molecule has 0 aromatic carbocycles.